The van der Waals surface area contributed by atoms with Gasteiger partial charge < -0.3 is 15.4 Å². The summed E-state index contributed by atoms with van der Waals surface area (Å²) in [5.41, 5.74) is 3.32. The summed E-state index contributed by atoms with van der Waals surface area (Å²) in [5, 5.41) is 6.30. The van der Waals surface area contributed by atoms with Gasteiger partial charge in [0.1, 0.15) is 5.75 Å². The van der Waals surface area contributed by atoms with Crippen molar-refractivity contribution in [2.75, 3.05) is 17.7 Å². The Hall–Kier alpha value is -3.71. The van der Waals surface area contributed by atoms with Crippen LogP contribution < -0.4 is 15.4 Å². The molecule has 0 fully saturated rings. The Kier molecular flexibility index (Phi) is 6.24. The topological polar surface area (TPSA) is 80.3 Å². The van der Waals surface area contributed by atoms with Gasteiger partial charge in [0.25, 0.3) is 0 Å². The molecule has 0 saturated heterocycles. The molecular formula is C24H21N3O3S. The lowest BCUT2D eigenvalue weighted by Gasteiger charge is -2.05. The van der Waals surface area contributed by atoms with E-state index >= 15 is 0 Å². The van der Waals surface area contributed by atoms with Crippen LogP contribution in [0.2, 0.25) is 0 Å². The second kappa shape index (κ2) is 9.40. The van der Waals surface area contributed by atoms with Gasteiger partial charge in [-0.25, -0.2) is 4.98 Å². The van der Waals surface area contributed by atoms with Gasteiger partial charge in [0.15, 0.2) is 5.13 Å². The molecule has 1 heterocycles. The number of nitrogens with one attached hydrogen (secondary N) is 2. The number of thiazole rings is 1. The minimum Gasteiger partial charge on any atom is -0.497 e. The normalized spacial score (nSPS) is 10.6. The van der Waals surface area contributed by atoms with Crippen molar-refractivity contribution in [1.82, 2.24) is 4.98 Å². The van der Waals surface area contributed by atoms with Crippen LogP contribution >= 0.6 is 11.3 Å². The lowest BCUT2D eigenvalue weighted by molar-refractivity contribution is -0.116. The zero-order valence-corrected chi connectivity index (χ0v) is 17.7. The number of fused-ring (bicyclic) bond motifs is 1. The SMILES string of the molecule is COc1ccc(CC(=O)Nc2nc3ccc(NC(=O)Cc4ccccc4)cc3s2)cc1. The van der Waals surface area contributed by atoms with Gasteiger partial charge in [-0.15, -0.1) is 0 Å². The monoisotopic (exact) mass is 431 g/mol. The lowest BCUT2D eigenvalue weighted by Crippen LogP contribution is -2.14. The first-order valence-electron chi connectivity index (χ1n) is 9.76. The van der Waals surface area contributed by atoms with E-state index in [4.69, 9.17) is 4.74 Å². The second-order valence-electron chi connectivity index (χ2n) is 6.99. The molecule has 0 spiro atoms. The maximum absolute atomic E-state index is 12.4. The Morgan fingerprint density at radius 3 is 2.26 bits per heavy atom. The summed E-state index contributed by atoms with van der Waals surface area (Å²) in [7, 11) is 1.61. The third-order valence-corrected chi connectivity index (χ3v) is 5.58. The molecule has 3 aromatic carbocycles. The molecular weight excluding hydrogens is 410 g/mol. The molecule has 6 nitrogen and oxygen atoms in total. The average Bonchev–Trinajstić information content (AvgIpc) is 3.16. The first kappa shape index (κ1) is 20.6. The van der Waals surface area contributed by atoms with E-state index in [0.717, 1.165) is 27.1 Å². The summed E-state index contributed by atoms with van der Waals surface area (Å²) in [6.45, 7) is 0. The van der Waals surface area contributed by atoms with Gasteiger partial charge in [-0.3, -0.25) is 9.59 Å². The minimum absolute atomic E-state index is 0.0805. The Morgan fingerprint density at radius 1 is 0.871 bits per heavy atom. The molecule has 0 atom stereocenters. The summed E-state index contributed by atoms with van der Waals surface area (Å²) >= 11 is 1.37. The molecule has 31 heavy (non-hydrogen) atoms. The fourth-order valence-electron chi connectivity index (χ4n) is 3.13. The molecule has 0 aliphatic rings. The maximum Gasteiger partial charge on any atom is 0.230 e. The zero-order valence-electron chi connectivity index (χ0n) is 16.9. The number of hydrogen-bond donors (Lipinski definition) is 2. The highest BCUT2D eigenvalue weighted by atomic mass is 32.1. The number of carbonyl (C=O) groups is 2. The molecule has 1 aromatic heterocycles. The molecule has 4 rings (SSSR count). The van der Waals surface area contributed by atoms with Gasteiger partial charge in [-0.05, 0) is 41.5 Å². The van der Waals surface area contributed by atoms with Crippen LogP contribution in [0.5, 0.6) is 5.75 Å². The number of aromatic nitrogens is 1. The third-order valence-electron chi connectivity index (χ3n) is 4.65. The Labute approximate surface area is 183 Å². The molecule has 7 heteroatoms. The van der Waals surface area contributed by atoms with Crippen LogP contribution in [-0.2, 0) is 22.4 Å². The van der Waals surface area contributed by atoms with Crippen molar-refractivity contribution in [3.05, 3.63) is 83.9 Å². The van der Waals surface area contributed by atoms with Crippen LogP contribution in [0.4, 0.5) is 10.8 Å². The number of methoxy groups -OCH3 is 1. The Bertz CT molecular complexity index is 1200. The van der Waals surface area contributed by atoms with Crippen molar-refractivity contribution in [2.24, 2.45) is 0 Å². The standard InChI is InChI=1S/C24H21N3O3S/c1-30-19-10-7-17(8-11-19)14-23(29)27-24-26-20-12-9-18(15-21(20)31-24)25-22(28)13-16-5-3-2-4-6-16/h2-12,15H,13-14H2,1H3,(H,25,28)(H,26,27,29). The minimum atomic E-state index is -0.138. The van der Waals surface area contributed by atoms with Gasteiger partial charge in [0, 0.05) is 5.69 Å². The smallest absolute Gasteiger partial charge is 0.230 e. The van der Waals surface area contributed by atoms with Crippen LogP contribution in [0.15, 0.2) is 72.8 Å². The van der Waals surface area contributed by atoms with Crippen molar-refractivity contribution in [3.8, 4) is 5.75 Å². The summed E-state index contributed by atoms with van der Waals surface area (Å²) in [6.07, 6.45) is 0.564. The maximum atomic E-state index is 12.4. The Balaban J connectivity index is 1.38. The molecule has 156 valence electrons. The van der Waals surface area contributed by atoms with Crippen molar-refractivity contribution >= 4 is 44.2 Å². The molecule has 0 unspecified atom stereocenters. The van der Waals surface area contributed by atoms with E-state index in [2.05, 4.69) is 15.6 Å². The number of ether oxygens (including phenoxy) is 1. The van der Waals surface area contributed by atoms with Gasteiger partial charge in [0.05, 0.1) is 30.2 Å². The van der Waals surface area contributed by atoms with E-state index in [1.807, 2.05) is 72.8 Å². The van der Waals surface area contributed by atoms with Crippen LogP contribution in [0, 0.1) is 0 Å². The summed E-state index contributed by atoms with van der Waals surface area (Å²) in [5.74, 6) is 0.533. The first-order valence-corrected chi connectivity index (χ1v) is 10.6. The lowest BCUT2D eigenvalue weighted by atomic mass is 10.1. The van der Waals surface area contributed by atoms with E-state index < -0.39 is 0 Å². The van der Waals surface area contributed by atoms with Crippen LogP contribution in [0.1, 0.15) is 11.1 Å². The quantitative estimate of drug-likeness (QED) is 0.446. The average molecular weight is 432 g/mol. The summed E-state index contributed by atoms with van der Waals surface area (Å²) in [6, 6.07) is 22.5. The van der Waals surface area contributed by atoms with Crippen LogP contribution in [0.3, 0.4) is 0 Å². The number of carbonyl (C=O) groups excluding carboxylic acids is 2. The molecule has 0 aliphatic carbocycles. The summed E-state index contributed by atoms with van der Waals surface area (Å²) in [4.78, 5) is 29.1. The van der Waals surface area contributed by atoms with Crippen molar-refractivity contribution in [3.63, 3.8) is 0 Å². The molecule has 0 radical (unpaired) electrons. The van der Waals surface area contributed by atoms with Gasteiger partial charge in [-0.1, -0.05) is 53.8 Å². The van der Waals surface area contributed by atoms with Crippen molar-refractivity contribution in [2.45, 2.75) is 12.8 Å². The molecule has 0 saturated carbocycles. The number of rotatable bonds is 7. The van der Waals surface area contributed by atoms with Crippen molar-refractivity contribution < 1.29 is 14.3 Å². The zero-order chi connectivity index (χ0) is 21.6. The Morgan fingerprint density at radius 2 is 1.55 bits per heavy atom. The van der Waals surface area contributed by atoms with Gasteiger partial charge in [-0.2, -0.15) is 0 Å². The molecule has 0 aliphatic heterocycles. The van der Waals surface area contributed by atoms with Crippen LogP contribution in [0.25, 0.3) is 10.2 Å². The largest absolute Gasteiger partial charge is 0.497 e. The van der Waals surface area contributed by atoms with E-state index in [1.54, 1.807) is 7.11 Å². The number of anilines is 2. The molecule has 2 N–H and O–H groups in total. The first-order chi connectivity index (χ1) is 15.1. The fraction of sp³-hybridized carbons (Fsp3) is 0.125. The van der Waals surface area contributed by atoms with Crippen LogP contribution in [-0.4, -0.2) is 23.9 Å². The van der Waals surface area contributed by atoms with E-state index in [-0.39, 0.29) is 18.2 Å². The predicted octanol–water partition coefficient (Wildman–Crippen LogP) is 4.67. The van der Waals surface area contributed by atoms with E-state index in [9.17, 15) is 9.59 Å². The van der Waals surface area contributed by atoms with E-state index in [1.165, 1.54) is 11.3 Å². The number of benzene rings is 3. The number of hydrogen-bond acceptors (Lipinski definition) is 5. The molecule has 0 bridgehead atoms. The summed E-state index contributed by atoms with van der Waals surface area (Å²) < 4.78 is 6.02. The van der Waals surface area contributed by atoms with Gasteiger partial charge >= 0.3 is 0 Å². The van der Waals surface area contributed by atoms with Crippen molar-refractivity contribution in [1.29, 1.82) is 0 Å². The number of nitrogens with zero attached hydrogens (tertiary/aromatic N) is 1. The van der Waals surface area contributed by atoms with E-state index in [0.29, 0.717) is 17.2 Å². The highest BCUT2D eigenvalue weighted by Crippen LogP contribution is 2.28. The molecule has 4 aromatic rings. The highest BCUT2D eigenvalue weighted by molar-refractivity contribution is 7.22. The molecule has 2 amide bonds. The second-order valence-corrected chi connectivity index (χ2v) is 8.02. The van der Waals surface area contributed by atoms with Gasteiger partial charge in [0.2, 0.25) is 11.8 Å². The highest BCUT2D eigenvalue weighted by Gasteiger charge is 2.11. The fourth-order valence-corrected chi connectivity index (χ4v) is 4.06. The predicted molar refractivity (Wildman–Crippen MR) is 124 cm³/mol. The number of amides is 2. The third kappa shape index (κ3) is 5.46.